The summed E-state index contributed by atoms with van der Waals surface area (Å²) in [6.07, 6.45) is 0.404. The molecule has 1 N–H and O–H groups in total. The fourth-order valence-electron chi connectivity index (χ4n) is 4.37. The van der Waals surface area contributed by atoms with Crippen molar-refractivity contribution in [1.82, 2.24) is 9.80 Å². The number of carbonyl (C=O) groups is 2. The number of fused-ring (bicyclic) bond motifs is 2. The first-order valence-electron chi connectivity index (χ1n) is 11.1. The molecule has 3 aromatic rings. The van der Waals surface area contributed by atoms with Crippen molar-refractivity contribution in [3.63, 3.8) is 0 Å². The number of carbonyl (C=O) groups excluding carboxylic acids is 2. The molecule has 33 heavy (non-hydrogen) atoms. The summed E-state index contributed by atoms with van der Waals surface area (Å²) < 4.78 is 0. The normalized spacial score (nSPS) is 15.1. The SMILES string of the molecule is O=C(CCN1c2ccccc2Sc2ccccc21)N1CCN(C(=O)c2ccccc2O)CC1. The van der Waals surface area contributed by atoms with Gasteiger partial charge in [-0.05, 0) is 36.4 Å². The molecule has 168 valence electrons. The molecule has 2 amide bonds. The van der Waals surface area contributed by atoms with Gasteiger partial charge in [-0.25, -0.2) is 0 Å². The van der Waals surface area contributed by atoms with Crippen molar-refractivity contribution in [3.05, 3.63) is 78.4 Å². The fraction of sp³-hybridized carbons (Fsp3) is 0.231. The number of nitrogens with zero attached hydrogens (tertiary/aromatic N) is 3. The highest BCUT2D eigenvalue weighted by molar-refractivity contribution is 7.99. The lowest BCUT2D eigenvalue weighted by molar-refractivity contribution is -0.132. The van der Waals surface area contributed by atoms with E-state index in [0.29, 0.717) is 44.7 Å². The van der Waals surface area contributed by atoms with Gasteiger partial charge in [0.25, 0.3) is 5.91 Å². The molecule has 0 spiro atoms. The number of para-hydroxylation sites is 3. The molecule has 0 unspecified atom stereocenters. The molecule has 2 heterocycles. The number of hydrogen-bond donors (Lipinski definition) is 1. The summed E-state index contributed by atoms with van der Waals surface area (Å²) in [6, 6.07) is 23.2. The first kappa shape index (κ1) is 21.4. The molecule has 0 radical (unpaired) electrons. The molecule has 1 saturated heterocycles. The van der Waals surface area contributed by atoms with E-state index < -0.39 is 0 Å². The minimum atomic E-state index is -0.195. The van der Waals surface area contributed by atoms with Gasteiger partial charge in [0.15, 0.2) is 0 Å². The summed E-state index contributed by atoms with van der Waals surface area (Å²) in [5, 5.41) is 9.97. The summed E-state index contributed by atoms with van der Waals surface area (Å²) in [7, 11) is 0. The van der Waals surface area contributed by atoms with Gasteiger partial charge in [0.2, 0.25) is 5.91 Å². The van der Waals surface area contributed by atoms with Crippen LogP contribution < -0.4 is 4.90 Å². The van der Waals surface area contributed by atoms with Crippen LogP contribution in [0.1, 0.15) is 16.8 Å². The second-order valence-electron chi connectivity index (χ2n) is 8.13. The van der Waals surface area contributed by atoms with Crippen LogP contribution in [0.15, 0.2) is 82.6 Å². The Morgan fingerprint density at radius 1 is 0.758 bits per heavy atom. The van der Waals surface area contributed by atoms with E-state index in [4.69, 9.17) is 0 Å². The van der Waals surface area contributed by atoms with Crippen molar-refractivity contribution in [1.29, 1.82) is 0 Å². The number of phenols is 1. The largest absolute Gasteiger partial charge is 0.507 e. The number of anilines is 2. The van der Waals surface area contributed by atoms with Gasteiger partial charge in [-0.2, -0.15) is 0 Å². The number of piperazine rings is 1. The standard InChI is InChI=1S/C26H25N3O3S/c30-22-10-4-1-7-19(22)26(32)28-17-15-27(16-18-28)25(31)13-14-29-20-8-2-5-11-23(20)33-24-12-6-3-9-21(24)29/h1-12,30H,13-18H2. The second-order valence-corrected chi connectivity index (χ2v) is 9.21. The molecule has 3 aromatic carbocycles. The molecule has 0 atom stereocenters. The van der Waals surface area contributed by atoms with Crippen LogP contribution in [-0.2, 0) is 4.79 Å². The first-order valence-corrected chi connectivity index (χ1v) is 11.9. The Hall–Kier alpha value is -3.45. The number of phenolic OH excluding ortho intramolecular Hbond substituents is 1. The number of hydrogen-bond acceptors (Lipinski definition) is 5. The Labute approximate surface area is 197 Å². The second kappa shape index (κ2) is 9.19. The van der Waals surface area contributed by atoms with Crippen molar-refractivity contribution in [2.75, 3.05) is 37.6 Å². The fourth-order valence-corrected chi connectivity index (χ4v) is 5.47. The van der Waals surface area contributed by atoms with Gasteiger partial charge in [-0.1, -0.05) is 48.2 Å². The first-order chi connectivity index (χ1) is 16.1. The Kier molecular flexibility index (Phi) is 5.96. The monoisotopic (exact) mass is 459 g/mol. The Morgan fingerprint density at radius 2 is 1.30 bits per heavy atom. The molecule has 0 aromatic heterocycles. The molecular formula is C26H25N3O3S. The molecule has 7 heteroatoms. The zero-order chi connectivity index (χ0) is 22.8. The predicted octanol–water partition coefficient (Wildman–Crippen LogP) is 4.37. The number of amides is 2. The quantitative estimate of drug-likeness (QED) is 0.628. The average molecular weight is 460 g/mol. The number of benzene rings is 3. The van der Waals surface area contributed by atoms with Crippen molar-refractivity contribution < 1.29 is 14.7 Å². The van der Waals surface area contributed by atoms with Gasteiger partial charge in [-0.15, -0.1) is 0 Å². The molecule has 1 fully saturated rings. The van der Waals surface area contributed by atoms with Crippen molar-refractivity contribution in [3.8, 4) is 5.75 Å². The van der Waals surface area contributed by atoms with Crippen LogP contribution >= 0.6 is 11.8 Å². The van der Waals surface area contributed by atoms with Crippen LogP contribution in [-0.4, -0.2) is 59.4 Å². The lowest BCUT2D eigenvalue weighted by Crippen LogP contribution is -2.51. The third kappa shape index (κ3) is 4.28. The van der Waals surface area contributed by atoms with E-state index in [2.05, 4.69) is 29.2 Å². The van der Waals surface area contributed by atoms with E-state index in [1.165, 1.54) is 15.9 Å². The van der Waals surface area contributed by atoms with Gasteiger partial charge < -0.3 is 19.8 Å². The highest BCUT2D eigenvalue weighted by Gasteiger charge is 2.28. The van der Waals surface area contributed by atoms with E-state index in [9.17, 15) is 14.7 Å². The lowest BCUT2D eigenvalue weighted by atomic mass is 10.1. The van der Waals surface area contributed by atoms with E-state index in [1.54, 1.807) is 34.9 Å². The summed E-state index contributed by atoms with van der Waals surface area (Å²) in [5.74, 6) is -0.113. The van der Waals surface area contributed by atoms with Gasteiger partial charge in [0.05, 0.1) is 16.9 Å². The zero-order valence-corrected chi connectivity index (χ0v) is 19.0. The smallest absolute Gasteiger partial charge is 0.257 e. The van der Waals surface area contributed by atoms with Crippen LogP contribution in [0, 0.1) is 0 Å². The van der Waals surface area contributed by atoms with Gasteiger partial charge in [-0.3, -0.25) is 9.59 Å². The Bertz CT molecular complexity index is 1150. The van der Waals surface area contributed by atoms with E-state index >= 15 is 0 Å². The number of aromatic hydroxyl groups is 1. The minimum Gasteiger partial charge on any atom is -0.507 e. The van der Waals surface area contributed by atoms with Crippen molar-refractivity contribution >= 4 is 35.0 Å². The molecule has 2 aliphatic rings. The zero-order valence-electron chi connectivity index (χ0n) is 18.2. The Balaban J connectivity index is 1.22. The topological polar surface area (TPSA) is 64.1 Å². The van der Waals surface area contributed by atoms with Gasteiger partial charge in [0, 0.05) is 48.9 Å². The highest BCUT2D eigenvalue weighted by atomic mass is 32.2. The third-order valence-corrected chi connectivity index (χ3v) is 7.27. The third-order valence-electron chi connectivity index (χ3n) is 6.14. The molecule has 5 rings (SSSR count). The maximum Gasteiger partial charge on any atom is 0.257 e. The summed E-state index contributed by atoms with van der Waals surface area (Å²) in [4.78, 5) is 33.9. The number of rotatable bonds is 4. The lowest BCUT2D eigenvalue weighted by Gasteiger charge is -2.36. The highest BCUT2D eigenvalue weighted by Crippen LogP contribution is 2.47. The summed E-state index contributed by atoms with van der Waals surface area (Å²) >= 11 is 1.76. The van der Waals surface area contributed by atoms with Crippen LogP contribution in [0.5, 0.6) is 5.75 Å². The summed E-state index contributed by atoms with van der Waals surface area (Å²) in [5.41, 5.74) is 2.57. The average Bonchev–Trinajstić information content (AvgIpc) is 2.86. The van der Waals surface area contributed by atoms with Crippen molar-refractivity contribution in [2.45, 2.75) is 16.2 Å². The van der Waals surface area contributed by atoms with Crippen molar-refractivity contribution in [2.24, 2.45) is 0 Å². The molecule has 0 bridgehead atoms. The maximum atomic E-state index is 13.0. The Morgan fingerprint density at radius 3 is 1.94 bits per heavy atom. The van der Waals surface area contributed by atoms with Gasteiger partial charge >= 0.3 is 0 Å². The summed E-state index contributed by atoms with van der Waals surface area (Å²) in [6.45, 7) is 2.53. The van der Waals surface area contributed by atoms with Crippen LogP contribution in [0.25, 0.3) is 0 Å². The van der Waals surface area contributed by atoms with Crippen LogP contribution in [0.2, 0.25) is 0 Å². The molecule has 2 aliphatic heterocycles. The van der Waals surface area contributed by atoms with E-state index in [-0.39, 0.29) is 17.6 Å². The minimum absolute atomic E-state index is 0.0127. The molecular weight excluding hydrogens is 434 g/mol. The van der Waals surface area contributed by atoms with Crippen LogP contribution in [0.3, 0.4) is 0 Å². The van der Waals surface area contributed by atoms with Gasteiger partial charge in [0.1, 0.15) is 5.75 Å². The van der Waals surface area contributed by atoms with E-state index in [0.717, 1.165) is 11.4 Å². The molecule has 6 nitrogen and oxygen atoms in total. The maximum absolute atomic E-state index is 13.0. The molecule has 0 aliphatic carbocycles. The van der Waals surface area contributed by atoms with Crippen LogP contribution in [0.4, 0.5) is 11.4 Å². The van der Waals surface area contributed by atoms with E-state index in [1.807, 2.05) is 29.2 Å². The molecule has 0 saturated carbocycles. The predicted molar refractivity (Wildman–Crippen MR) is 129 cm³/mol.